The number of likely N-dealkylation sites (tertiary alicyclic amines) is 1. The number of nitrogens with two attached hydrogens (primary N) is 1. The Hall–Kier alpha value is -1.20. The first kappa shape index (κ1) is 16.2. The molecule has 0 bridgehead atoms. The minimum absolute atomic E-state index is 0.548. The van der Waals surface area contributed by atoms with Crippen LogP contribution in [0.25, 0.3) is 0 Å². The Bertz CT molecular complexity index is 458. The van der Waals surface area contributed by atoms with Crippen molar-refractivity contribution in [3.63, 3.8) is 0 Å². The normalized spacial score (nSPS) is 19.9. The van der Waals surface area contributed by atoms with Crippen LogP contribution in [-0.2, 0) is 6.54 Å². The van der Waals surface area contributed by atoms with Gasteiger partial charge >= 0.3 is 0 Å². The molecule has 0 amide bonds. The second-order valence-electron chi connectivity index (χ2n) is 5.36. The van der Waals surface area contributed by atoms with E-state index >= 15 is 0 Å². The van der Waals surface area contributed by atoms with Gasteiger partial charge in [0.15, 0.2) is 5.96 Å². The molecule has 1 aromatic rings. The lowest BCUT2D eigenvalue weighted by Crippen LogP contribution is -2.42. The molecule has 0 aliphatic carbocycles. The number of guanidine groups is 1. The lowest BCUT2D eigenvalue weighted by molar-refractivity contribution is 0.267. The van der Waals surface area contributed by atoms with Crippen molar-refractivity contribution in [3.8, 4) is 0 Å². The van der Waals surface area contributed by atoms with Crippen molar-refractivity contribution in [2.45, 2.75) is 37.2 Å². The molecular formula is C16H26N4S. The maximum Gasteiger partial charge on any atom is 0.188 e. The van der Waals surface area contributed by atoms with Crippen LogP contribution in [0.1, 0.15) is 25.3 Å². The SMILES string of the molecule is CCN1CCCC1CNC(N)=NCc1ccc(SC)cc1. The van der Waals surface area contributed by atoms with Crippen molar-refractivity contribution in [1.82, 2.24) is 10.2 Å². The summed E-state index contributed by atoms with van der Waals surface area (Å²) in [5, 5.41) is 3.26. The highest BCUT2D eigenvalue weighted by Gasteiger charge is 2.22. The Kier molecular flexibility index (Phi) is 6.39. The first-order valence-corrected chi connectivity index (χ1v) is 8.86. The third-order valence-corrected chi connectivity index (χ3v) is 4.76. The first-order valence-electron chi connectivity index (χ1n) is 7.63. The molecule has 4 nitrogen and oxygen atoms in total. The highest BCUT2D eigenvalue weighted by Crippen LogP contribution is 2.16. The maximum absolute atomic E-state index is 5.96. The molecule has 1 atom stereocenters. The number of aliphatic imine (C=N–C) groups is 1. The zero-order valence-corrected chi connectivity index (χ0v) is 13.8. The van der Waals surface area contributed by atoms with Crippen LogP contribution >= 0.6 is 11.8 Å². The largest absolute Gasteiger partial charge is 0.370 e. The van der Waals surface area contributed by atoms with E-state index in [-0.39, 0.29) is 0 Å². The summed E-state index contributed by atoms with van der Waals surface area (Å²) in [5.41, 5.74) is 7.15. The zero-order chi connectivity index (χ0) is 15.1. The van der Waals surface area contributed by atoms with Crippen LogP contribution in [0.15, 0.2) is 34.2 Å². The molecule has 0 radical (unpaired) electrons. The van der Waals surface area contributed by atoms with Crippen LogP contribution in [0.5, 0.6) is 0 Å². The molecule has 1 heterocycles. The number of nitrogens with one attached hydrogen (secondary N) is 1. The summed E-state index contributed by atoms with van der Waals surface area (Å²) < 4.78 is 0. The van der Waals surface area contributed by atoms with E-state index in [0.717, 1.165) is 13.1 Å². The van der Waals surface area contributed by atoms with Gasteiger partial charge in [-0.15, -0.1) is 11.8 Å². The van der Waals surface area contributed by atoms with E-state index < -0.39 is 0 Å². The Morgan fingerprint density at radius 1 is 1.43 bits per heavy atom. The Morgan fingerprint density at radius 3 is 2.86 bits per heavy atom. The number of benzene rings is 1. The number of rotatable bonds is 6. The number of likely N-dealkylation sites (N-methyl/N-ethyl adjacent to an activating group) is 1. The lowest BCUT2D eigenvalue weighted by Gasteiger charge is -2.23. The predicted octanol–water partition coefficient (Wildman–Crippen LogP) is 2.30. The van der Waals surface area contributed by atoms with Gasteiger partial charge in [-0.2, -0.15) is 0 Å². The number of hydrogen-bond acceptors (Lipinski definition) is 3. The van der Waals surface area contributed by atoms with Crippen LogP contribution < -0.4 is 11.1 Å². The lowest BCUT2D eigenvalue weighted by atomic mass is 10.2. The highest BCUT2D eigenvalue weighted by molar-refractivity contribution is 7.98. The molecule has 2 rings (SSSR count). The average molecular weight is 306 g/mol. The van der Waals surface area contributed by atoms with Crippen molar-refractivity contribution < 1.29 is 0 Å². The summed E-state index contributed by atoms with van der Waals surface area (Å²) in [7, 11) is 0. The predicted molar refractivity (Wildman–Crippen MR) is 91.8 cm³/mol. The molecule has 0 saturated carbocycles. The van der Waals surface area contributed by atoms with E-state index in [9.17, 15) is 0 Å². The molecular weight excluding hydrogens is 280 g/mol. The van der Waals surface area contributed by atoms with Gasteiger partial charge in [0.2, 0.25) is 0 Å². The van der Waals surface area contributed by atoms with Gasteiger partial charge in [0.25, 0.3) is 0 Å². The van der Waals surface area contributed by atoms with Gasteiger partial charge in [-0.05, 0) is 49.9 Å². The standard InChI is InChI=1S/C16H26N4S/c1-3-20-10-4-5-14(20)12-19-16(17)18-11-13-6-8-15(21-2)9-7-13/h6-9,14H,3-5,10-12H2,1-2H3,(H3,17,18,19). The summed E-state index contributed by atoms with van der Waals surface area (Å²) >= 11 is 1.75. The molecule has 1 aromatic carbocycles. The fourth-order valence-corrected chi connectivity index (χ4v) is 3.14. The molecule has 116 valence electrons. The number of thioether (sulfide) groups is 1. The van der Waals surface area contributed by atoms with Crippen LogP contribution in [0, 0.1) is 0 Å². The van der Waals surface area contributed by atoms with Crippen molar-refractivity contribution in [1.29, 1.82) is 0 Å². The van der Waals surface area contributed by atoms with Crippen molar-refractivity contribution in [3.05, 3.63) is 29.8 Å². The molecule has 1 fully saturated rings. The number of hydrogen-bond donors (Lipinski definition) is 2. The van der Waals surface area contributed by atoms with Crippen LogP contribution in [-0.4, -0.2) is 42.8 Å². The van der Waals surface area contributed by atoms with E-state index in [1.165, 1.54) is 29.8 Å². The average Bonchev–Trinajstić information content (AvgIpc) is 2.99. The summed E-state index contributed by atoms with van der Waals surface area (Å²) in [6.45, 7) is 6.07. The topological polar surface area (TPSA) is 53.6 Å². The second-order valence-corrected chi connectivity index (χ2v) is 6.23. The van der Waals surface area contributed by atoms with E-state index in [1.54, 1.807) is 11.8 Å². The molecule has 0 aromatic heterocycles. The van der Waals surface area contributed by atoms with E-state index in [0.29, 0.717) is 18.5 Å². The third kappa shape index (κ3) is 4.93. The fourth-order valence-electron chi connectivity index (χ4n) is 2.73. The van der Waals surface area contributed by atoms with Gasteiger partial charge in [0.05, 0.1) is 6.54 Å². The zero-order valence-electron chi connectivity index (χ0n) is 13.0. The second kappa shape index (κ2) is 8.29. The van der Waals surface area contributed by atoms with Gasteiger partial charge in [0.1, 0.15) is 0 Å². The monoisotopic (exact) mass is 306 g/mol. The minimum atomic E-state index is 0.548. The molecule has 0 spiro atoms. The maximum atomic E-state index is 5.96. The summed E-state index contributed by atoms with van der Waals surface area (Å²) in [5.74, 6) is 0.548. The molecule has 1 saturated heterocycles. The van der Waals surface area contributed by atoms with Gasteiger partial charge in [-0.3, -0.25) is 4.90 Å². The van der Waals surface area contributed by atoms with Crippen molar-refractivity contribution in [2.75, 3.05) is 25.9 Å². The Balaban J connectivity index is 1.78. The smallest absolute Gasteiger partial charge is 0.188 e. The summed E-state index contributed by atoms with van der Waals surface area (Å²) in [6.07, 6.45) is 4.63. The van der Waals surface area contributed by atoms with Crippen molar-refractivity contribution >= 4 is 17.7 Å². The quantitative estimate of drug-likeness (QED) is 0.481. The highest BCUT2D eigenvalue weighted by atomic mass is 32.2. The minimum Gasteiger partial charge on any atom is -0.370 e. The van der Waals surface area contributed by atoms with Crippen LogP contribution in [0.3, 0.4) is 0 Å². The van der Waals surface area contributed by atoms with E-state index in [1.807, 2.05) is 0 Å². The Labute approximate surface area is 132 Å². The van der Waals surface area contributed by atoms with Gasteiger partial charge in [0, 0.05) is 17.5 Å². The first-order chi connectivity index (χ1) is 10.2. The van der Waals surface area contributed by atoms with Crippen LogP contribution in [0.2, 0.25) is 0 Å². The summed E-state index contributed by atoms with van der Waals surface area (Å²) in [4.78, 5) is 8.19. The molecule has 1 aliphatic rings. The molecule has 1 unspecified atom stereocenters. The third-order valence-electron chi connectivity index (χ3n) is 4.02. The van der Waals surface area contributed by atoms with Gasteiger partial charge in [-0.1, -0.05) is 19.1 Å². The molecule has 1 aliphatic heterocycles. The van der Waals surface area contributed by atoms with Gasteiger partial charge < -0.3 is 11.1 Å². The molecule has 3 N–H and O–H groups in total. The fraction of sp³-hybridized carbons (Fsp3) is 0.562. The van der Waals surface area contributed by atoms with E-state index in [2.05, 4.69) is 52.7 Å². The van der Waals surface area contributed by atoms with Gasteiger partial charge in [-0.25, -0.2) is 4.99 Å². The number of nitrogens with zero attached hydrogens (tertiary/aromatic N) is 2. The van der Waals surface area contributed by atoms with E-state index in [4.69, 9.17) is 5.73 Å². The summed E-state index contributed by atoms with van der Waals surface area (Å²) in [6, 6.07) is 9.06. The van der Waals surface area contributed by atoms with Crippen LogP contribution in [0.4, 0.5) is 0 Å². The van der Waals surface area contributed by atoms with Crippen molar-refractivity contribution in [2.24, 2.45) is 10.7 Å². The molecule has 5 heteroatoms. The molecule has 21 heavy (non-hydrogen) atoms. The Morgan fingerprint density at radius 2 is 2.19 bits per heavy atom.